The highest BCUT2D eigenvalue weighted by molar-refractivity contribution is 6.42. The fourth-order valence-electron chi connectivity index (χ4n) is 1.86. The third-order valence-corrected chi connectivity index (χ3v) is 3.97. The van der Waals surface area contributed by atoms with Crippen molar-refractivity contribution < 1.29 is 9.53 Å². The second-order valence-corrected chi connectivity index (χ2v) is 5.76. The molecule has 0 aliphatic heterocycles. The molecule has 0 heterocycles. The van der Waals surface area contributed by atoms with Crippen LogP contribution >= 0.6 is 23.2 Å². The first kappa shape index (κ1) is 18.1. The molecule has 7 heteroatoms. The first-order valence-electron chi connectivity index (χ1n) is 7.16. The number of anilines is 1. The summed E-state index contributed by atoms with van der Waals surface area (Å²) in [7, 11) is 1.60. The van der Waals surface area contributed by atoms with E-state index in [1.807, 2.05) is 24.3 Å². The van der Waals surface area contributed by atoms with Crippen LogP contribution in [0.15, 0.2) is 47.6 Å². The number of hydrogen-bond donors (Lipinski definition) is 2. The minimum absolute atomic E-state index is 0.102. The summed E-state index contributed by atoms with van der Waals surface area (Å²) >= 11 is 11.8. The summed E-state index contributed by atoms with van der Waals surface area (Å²) in [5, 5.41) is 7.97. The Kier molecular flexibility index (Phi) is 6.46. The van der Waals surface area contributed by atoms with Crippen molar-refractivity contribution in [2.75, 3.05) is 19.0 Å². The lowest BCUT2D eigenvalue weighted by Gasteiger charge is -2.07. The van der Waals surface area contributed by atoms with Gasteiger partial charge in [-0.25, -0.2) is 5.43 Å². The van der Waals surface area contributed by atoms with Crippen LogP contribution in [0.3, 0.4) is 0 Å². The molecule has 0 aromatic heterocycles. The van der Waals surface area contributed by atoms with Crippen molar-refractivity contribution in [3.8, 4) is 5.75 Å². The van der Waals surface area contributed by atoms with Gasteiger partial charge in [0.1, 0.15) is 5.75 Å². The lowest BCUT2D eigenvalue weighted by Crippen LogP contribution is -2.26. The maximum atomic E-state index is 11.8. The molecule has 0 unspecified atom stereocenters. The van der Waals surface area contributed by atoms with Crippen LogP contribution in [0.5, 0.6) is 5.75 Å². The number of hydrazone groups is 1. The number of halogens is 2. The Hall–Kier alpha value is -2.24. The zero-order valence-corrected chi connectivity index (χ0v) is 14.8. The molecule has 24 heavy (non-hydrogen) atoms. The van der Waals surface area contributed by atoms with Crippen molar-refractivity contribution in [2.45, 2.75) is 6.92 Å². The van der Waals surface area contributed by atoms with E-state index in [-0.39, 0.29) is 12.5 Å². The molecule has 0 spiro atoms. The maximum Gasteiger partial charge on any atom is 0.259 e. The van der Waals surface area contributed by atoms with E-state index in [1.54, 1.807) is 32.2 Å². The van der Waals surface area contributed by atoms with Gasteiger partial charge in [-0.15, -0.1) is 0 Å². The average molecular weight is 366 g/mol. The number of nitrogens with zero attached hydrogens (tertiary/aromatic N) is 1. The Bertz CT molecular complexity index is 746. The number of amides is 1. The molecule has 0 fully saturated rings. The summed E-state index contributed by atoms with van der Waals surface area (Å²) in [6.07, 6.45) is 0. The summed E-state index contributed by atoms with van der Waals surface area (Å²) in [4.78, 5) is 11.8. The predicted molar refractivity (Wildman–Crippen MR) is 98.3 cm³/mol. The van der Waals surface area contributed by atoms with Crippen molar-refractivity contribution in [3.63, 3.8) is 0 Å². The second-order valence-electron chi connectivity index (χ2n) is 4.94. The van der Waals surface area contributed by atoms with Crippen LogP contribution in [-0.4, -0.2) is 25.3 Å². The highest BCUT2D eigenvalue weighted by atomic mass is 35.5. The van der Waals surface area contributed by atoms with E-state index in [0.717, 1.165) is 17.0 Å². The zero-order chi connectivity index (χ0) is 17.5. The van der Waals surface area contributed by atoms with Gasteiger partial charge in [0.05, 0.1) is 29.4 Å². The van der Waals surface area contributed by atoms with E-state index in [9.17, 15) is 4.79 Å². The van der Waals surface area contributed by atoms with Gasteiger partial charge in [-0.05, 0) is 48.9 Å². The first-order valence-corrected chi connectivity index (χ1v) is 7.91. The Labute approximate surface area is 150 Å². The standard InChI is InChI=1S/C17H17Cl2N3O2/c1-11(12-3-8-15(18)16(19)9-12)21-22-17(23)10-20-13-4-6-14(24-2)7-5-13/h3-9,20H,10H2,1-2H3,(H,22,23)/b21-11+. The van der Waals surface area contributed by atoms with Crippen LogP contribution in [0.4, 0.5) is 5.69 Å². The fraction of sp³-hybridized carbons (Fsp3) is 0.176. The number of hydrogen-bond acceptors (Lipinski definition) is 4. The van der Waals surface area contributed by atoms with Crippen molar-refractivity contribution in [3.05, 3.63) is 58.1 Å². The lowest BCUT2D eigenvalue weighted by molar-refractivity contribution is -0.119. The highest BCUT2D eigenvalue weighted by Gasteiger charge is 2.04. The number of rotatable bonds is 6. The van der Waals surface area contributed by atoms with Crippen LogP contribution in [0, 0.1) is 0 Å². The van der Waals surface area contributed by atoms with Gasteiger partial charge in [0.2, 0.25) is 0 Å². The Morgan fingerprint density at radius 1 is 1.12 bits per heavy atom. The monoisotopic (exact) mass is 365 g/mol. The predicted octanol–water partition coefficient (Wildman–Crippen LogP) is 3.95. The molecule has 2 rings (SSSR count). The van der Waals surface area contributed by atoms with Gasteiger partial charge in [-0.1, -0.05) is 29.3 Å². The Balaban J connectivity index is 1.87. The number of carbonyl (C=O) groups excluding carboxylic acids is 1. The van der Waals surface area contributed by atoms with Crippen LogP contribution in [0.25, 0.3) is 0 Å². The van der Waals surface area contributed by atoms with E-state index in [4.69, 9.17) is 27.9 Å². The SMILES string of the molecule is COc1ccc(NCC(=O)N/N=C(\C)c2ccc(Cl)c(Cl)c2)cc1. The van der Waals surface area contributed by atoms with E-state index >= 15 is 0 Å². The number of methoxy groups -OCH3 is 1. The van der Waals surface area contributed by atoms with Crippen molar-refractivity contribution in [1.82, 2.24) is 5.43 Å². The summed E-state index contributed by atoms with van der Waals surface area (Å²) in [6, 6.07) is 12.5. The van der Waals surface area contributed by atoms with Crippen molar-refractivity contribution in [1.29, 1.82) is 0 Å². The molecular weight excluding hydrogens is 349 g/mol. The minimum Gasteiger partial charge on any atom is -0.497 e. The minimum atomic E-state index is -0.259. The molecule has 0 saturated carbocycles. The molecule has 0 bridgehead atoms. The molecule has 0 saturated heterocycles. The molecule has 5 nitrogen and oxygen atoms in total. The molecule has 126 valence electrons. The van der Waals surface area contributed by atoms with E-state index in [2.05, 4.69) is 15.8 Å². The largest absolute Gasteiger partial charge is 0.497 e. The molecule has 0 atom stereocenters. The van der Waals surface area contributed by atoms with Gasteiger partial charge in [0.15, 0.2) is 0 Å². The topological polar surface area (TPSA) is 62.7 Å². The maximum absolute atomic E-state index is 11.8. The molecule has 2 aromatic rings. The molecule has 0 aliphatic rings. The van der Waals surface area contributed by atoms with Gasteiger partial charge in [-0.3, -0.25) is 4.79 Å². The van der Waals surface area contributed by atoms with Gasteiger partial charge in [0.25, 0.3) is 5.91 Å². The molecule has 2 aromatic carbocycles. The van der Waals surface area contributed by atoms with Crippen LogP contribution < -0.4 is 15.5 Å². The van der Waals surface area contributed by atoms with E-state index < -0.39 is 0 Å². The summed E-state index contributed by atoms with van der Waals surface area (Å²) in [6.45, 7) is 1.88. The molecule has 1 amide bonds. The quantitative estimate of drug-likeness (QED) is 0.601. The molecule has 2 N–H and O–H groups in total. The van der Waals surface area contributed by atoms with Crippen LogP contribution in [0.1, 0.15) is 12.5 Å². The molecular formula is C17H17Cl2N3O2. The van der Waals surface area contributed by atoms with Crippen LogP contribution in [0.2, 0.25) is 10.0 Å². The number of nitrogens with one attached hydrogen (secondary N) is 2. The lowest BCUT2D eigenvalue weighted by atomic mass is 10.1. The van der Waals surface area contributed by atoms with Gasteiger partial charge >= 0.3 is 0 Å². The summed E-state index contributed by atoms with van der Waals surface area (Å²) in [5.41, 5.74) is 4.73. The second kappa shape index (κ2) is 8.57. The first-order chi connectivity index (χ1) is 11.5. The van der Waals surface area contributed by atoms with Gasteiger partial charge in [-0.2, -0.15) is 5.10 Å². The number of carbonyl (C=O) groups is 1. The molecule has 0 radical (unpaired) electrons. The average Bonchev–Trinajstić information content (AvgIpc) is 2.60. The highest BCUT2D eigenvalue weighted by Crippen LogP contribution is 2.22. The Morgan fingerprint density at radius 3 is 2.46 bits per heavy atom. The summed E-state index contributed by atoms with van der Waals surface area (Å²) in [5.74, 6) is 0.497. The fourth-order valence-corrected chi connectivity index (χ4v) is 2.16. The zero-order valence-electron chi connectivity index (χ0n) is 13.3. The number of ether oxygens (including phenoxy) is 1. The van der Waals surface area contributed by atoms with Gasteiger partial charge < -0.3 is 10.1 Å². The van der Waals surface area contributed by atoms with Crippen LogP contribution in [-0.2, 0) is 4.79 Å². The third-order valence-electron chi connectivity index (χ3n) is 3.23. The van der Waals surface area contributed by atoms with Crippen molar-refractivity contribution in [2.24, 2.45) is 5.10 Å². The third kappa shape index (κ3) is 5.15. The Morgan fingerprint density at radius 2 is 1.83 bits per heavy atom. The smallest absolute Gasteiger partial charge is 0.259 e. The van der Waals surface area contributed by atoms with Crippen molar-refractivity contribution >= 4 is 40.5 Å². The number of benzene rings is 2. The summed E-state index contributed by atoms with van der Waals surface area (Å²) < 4.78 is 5.07. The van der Waals surface area contributed by atoms with Gasteiger partial charge in [0, 0.05) is 5.69 Å². The normalized spacial score (nSPS) is 11.1. The van der Waals surface area contributed by atoms with E-state index in [0.29, 0.717) is 15.8 Å². The van der Waals surface area contributed by atoms with E-state index in [1.165, 1.54) is 0 Å². The molecule has 0 aliphatic carbocycles.